The molecule has 4 aromatic carbocycles. The minimum Gasteiger partial charge on any atom is -0.490 e. The zero-order valence-electron chi connectivity index (χ0n) is 25.0. The Morgan fingerprint density at radius 2 is 1.60 bits per heavy atom. The zero-order chi connectivity index (χ0) is 32.6. The van der Waals surface area contributed by atoms with E-state index in [-0.39, 0.29) is 32.1 Å². The summed E-state index contributed by atoms with van der Waals surface area (Å²) < 4.78 is 21.5. The van der Waals surface area contributed by atoms with Gasteiger partial charge < -0.3 is 19.5 Å². The van der Waals surface area contributed by atoms with Crippen molar-refractivity contribution in [2.75, 3.05) is 18.1 Å². The van der Waals surface area contributed by atoms with E-state index >= 15 is 0 Å². The highest BCUT2D eigenvalue weighted by Crippen LogP contribution is 2.25. The summed E-state index contributed by atoms with van der Waals surface area (Å²) in [7, 11) is 0. The van der Waals surface area contributed by atoms with Gasteiger partial charge in [0.15, 0.2) is 11.9 Å². The van der Waals surface area contributed by atoms with E-state index in [0.29, 0.717) is 28.4 Å². The Labute approximate surface area is 268 Å². The fourth-order valence-corrected chi connectivity index (χ4v) is 4.97. The van der Waals surface area contributed by atoms with Gasteiger partial charge in [-0.3, -0.25) is 19.2 Å². The molecule has 1 fully saturated rings. The lowest BCUT2D eigenvalue weighted by molar-refractivity contribution is -0.147. The third kappa shape index (κ3) is 7.92. The first-order chi connectivity index (χ1) is 22.9. The number of ether oxygens (including phenoxy) is 3. The Kier molecular flexibility index (Phi) is 9.38. The number of aromatic nitrogens is 2. The van der Waals surface area contributed by atoms with Crippen LogP contribution in [0.15, 0.2) is 119 Å². The number of nitrogens with zero attached hydrogens (tertiary/aromatic N) is 2. The molecule has 1 aliphatic rings. The number of hydrogen-bond acceptors (Lipinski definition) is 9. The summed E-state index contributed by atoms with van der Waals surface area (Å²) in [6.45, 7) is 0.496. The Hall–Kier alpha value is -6.17. The smallest absolute Gasteiger partial charge is 0.439 e. The first-order valence-corrected chi connectivity index (χ1v) is 14.8. The van der Waals surface area contributed by atoms with Crippen LogP contribution in [0.4, 0.5) is 10.5 Å². The van der Waals surface area contributed by atoms with Gasteiger partial charge in [-0.2, -0.15) is 0 Å². The van der Waals surface area contributed by atoms with E-state index < -0.39 is 30.0 Å². The van der Waals surface area contributed by atoms with Gasteiger partial charge in [0.2, 0.25) is 0 Å². The number of benzene rings is 4. The molecule has 12 nitrogen and oxygen atoms in total. The maximum absolute atomic E-state index is 13.1. The molecule has 0 bridgehead atoms. The summed E-state index contributed by atoms with van der Waals surface area (Å²) in [6.07, 6.45) is -0.808. The van der Waals surface area contributed by atoms with Gasteiger partial charge in [-0.05, 0) is 59.7 Å². The minimum absolute atomic E-state index is 0.0868. The maximum atomic E-state index is 13.1. The number of anilines is 1. The summed E-state index contributed by atoms with van der Waals surface area (Å²) in [5.74, 6) is -0.743. The van der Waals surface area contributed by atoms with Crippen LogP contribution in [-0.4, -0.2) is 53.4 Å². The van der Waals surface area contributed by atoms with E-state index in [1.807, 2.05) is 36.4 Å². The minimum atomic E-state index is -0.922. The molecule has 5 aromatic rings. The number of hydrogen-bond donors (Lipinski definition) is 2. The zero-order valence-corrected chi connectivity index (χ0v) is 25.0. The predicted molar refractivity (Wildman–Crippen MR) is 170 cm³/mol. The number of carbonyl (C=O) groups excluding carboxylic acids is 3. The number of cyclic esters (lactones) is 1. The van der Waals surface area contributed by atoms with Crippen LogP contribution in [0.3, 0.4) is 0 Å². The van der Waals surface area contributed by atoms with Gasteiger partial charge in [0.05, 0.1) is 6.54 Å². The molecule has 2 N–H and O–H groups in total. The average molecular weight is 635 g/mol. The fraction of sp³-hybridized carbons (Fsp3) is 0.171. The van der Waals surface area contributed by atoms with E-state index in [4.69, 9.17) is 14.2 Å². The van der Waals surface area contributed by atoms with E-state index in [9.17, 15) is 19.2 Å². The molecular weight excluding hydrogens is 604 g/mol. The van der Waals surface area contributed by atoms with Gasteiger partial charge in [-0.15, -0.1) is 0 Å². The molecule has 2 heterocycles. The molecular formula is C35H30N4O8. The van der Waals surface area contributed by atoms with Crippen LogP contribution in [0.5, 0.6) is 5.75 Å². The largest absolute Gasteiger partial charge is 0.490 e. The molecule has 238 valence electrons. The topological polar surface area (TPSA) is 153 Å². The van der Waals surface area contributed by atoms with Gasteiger partial charge in [-0.25, -0.2) is 14.4 Å². The molecule has 2 atom stereocenters. The van der Waals surface area contributed by atoms with Crippen molar-refractivity contribution in [3.05, 3.63) is 136 Å². The maximum Gasteiger partial charge on any atom is 0.439 e. The lowest BCUT2D eigenvalue weighted by Gasteiger charge is -2.18. The summed E-state index contributed by atoms with van der Waals surface area (Å²) in [5, 5.41) is 6.47. The van der Waals surface area contributed by atoms with Gasteiger partial charge in [-0.1, -0.05) is 65.8 Å². The summed E-state index contributed by atoms with van der Waals surface area (Å²) in [5.41, 5.74) is 3.30. The molecule has 1 aliphatic heterocycles. The van der Waals surface area contributed by atoms with Crippen molar-refractivity contribution in [1.82, 2.24) is 15.5 Å². The monoisotopic (exact) mass is 634 g/mol. The molecule has 0 spiro atoms. The Morgan fingerprint density at radius 1 is 0.894 bits per heavy atom. The van der Waals surface area contributed by atoms with E-state index in [0.717, 1.165) is 11.1 Å². The first-order valence-electron chi connectivity index (χ1n) is 14.8. The molecule has 1 aromatic heterocycles. The molecule has 47 heavy (non-hydrogen) atoms. The number of nitrogens with one attached hydrogen (secondary N) is 2. The lowest BCUT2D eigenvalue weighted by Crippen LogP contribution is -2.43. The van der Waals surface area contributed by atoms with Crippen molar-refractivity contribution in [1.29, 1.82) is 0 Å². The number of amides is 2. The number of aromatic amines is 1. The second-order valence-electron chi connectivity index (χ2n) is 10.8. The highest BCUT2D eigenvalue weighted by Gasteiger charge is 2.33. The fourth-order valence-electron chi connectivity index (χ4n) is 4.97. The standard InChI is InChI=1S/C35H30N4O8/c40-32(26-9-5-2-6-10-26)36-30(33(41)45-21-24-7-3-1-4-8-24)19-23-11-17-28(18-12-23)44-22-29-20-39(35(43)46-29)27-15-13-25(14-16-27)31-37-34(42)47-38-31/h1-18,29-30H,19-22H2,(H,36,40)(H,37,38,42). The number of H-pyrrole nitrogens is 1. The van der Waals surface area contributed by atoms with E-state index in [1.54, 1.807) is 72.8 Å². The highest BCUT2D eigenvalue weighted by molar-refractivity contribution is 5.96. The molecule has 1 saturated heterocycles. The average Bonchev–Trinajstić information content (AvgIpc) is 3.72. The van der Waals surface area contributed by atoms with Crippen molar-refractivity contribution in [3.8, 4) is 17.1 Å². The van der Waals surface area contributed by atoms with Crippen molar-refractivity contribution in [2.45, 2.75) is 25.2 Å². The molecule has 0 saturated carbocycles. The summed E-state index contributed by atoms with van der Waals surface area (Å²) in [4.78, 5) is 53.8. The SMILES string of the molecule is O=C(NC(Cc1ccc(OCC2CN(c3ccc(-c4noc(=O)[nH]4)cc3)C(=O)O2)cc1)C(=O)OCc1ccccc1)c1ccccc1. The lowest BCUT2D eigenvalue weighted by atomic mass is 10.0. The van der Waals surface area contributed by atoms with Gasteiger partial charge in [0, 0.05) is 23.2 Å². The Bertz CT molecular complexity index is 1870. The van der Waals surface area contributed by atoms with Crippen LogP contribution in [-0.2, 0) is 27.3 Å². The molecule has 12 heteroatoms. The highest BCUT2D eigenvalue weighted by atomic mass is 16.6. The van der Waals surface area contributed by atoms with Gasteiger partial charge >= 0.3 is 17.8 Å². The van der Waals surface area contributed by atoms with Crippen molar-refractivity contribution >= 4 is 23.7 Å². The number of esters is 1. The first kappa shape index (κ1) is 30.8. The van der Waals surface area contributed by atoms with Crippen molar-refractivity contribution in [3.63, 3.8) is 0 Å². The van der Waals surface area contributed by atoms with Crippen LogP contribution >= 0.6 is 0 Å². The van der Waals surface area contributed by atoms with Crippen LogP contribution in [0.1, 0.15) is 21.5 Å². The van der Waals surface area contributed by atoms with Gasteiger partial charge in [0.25, 0.3) is 5.91 Å². The molecule has 2 amide bonds. The van der Waals surface area contributed by atoms with Crippen molar-refractivity contribution < 1.29 is 33.1 Å². The quantitative estimate of drug-likeness (QED) is 0.189. The summed E-state index contributed by atoms with van der Waals surface area (Å²) in [6, 6.07) is 31.0. The molecule has 0 radical (unpaired) electrons. The van der Waals surface area contributed by atoms with E-state index in [1.165, 1.54) is 4.90 Å². The second kappa shape index (κ2) is 14.3. The third-order valence-corrected chi connectivity index (χ3v) is 7.42. The number of rotatable bonds is 12. The van der Waals surface area contributed by atoms with Gasteiger partial charge in [0.1, 0.15) is 25.0 Å². The second-order valence-corrected chi connectivity index (χ2v) is 10.8. The Balaban J connectivity index is 1.04. The van der Waals surface area contributed by atoms with Crippen LogP contribution in [0.25, 0.3) is 11.4 Å². The normalized spacial score (nSPS) is 14.7. The summed E-state index contributed by atoms with van der Waals surface area (Å²) >= 11 is 0. The van der Waals surface area contributed by atoms with Crippen molar-refractivity contribution in [2.24, 2.45) is 0 Å². The molecule has 0 aliphatic carbocycles. The number of carbonyl (C=O) groups is 3. The van der Waals surface area contributed by atoms with Crippen LogP contribution < -0.4 is 20.7 Å². The third-order valence-electron chi connectivity index (χ3n) is 7.42. The molecule has 2 unspecified atom stereocenters. The van der Waals surface area contributed by atoms with Crippen LogP contribution in [0, 0.1) is 0 Å². The van der Waals surface area contributed by atoms with E-state index in [2.05, 4.69) is 20.0 Å². The van der Waals surface area contributed by atoms with Crippen LogP contribution in [0.2, 0.25) is 0 Å². The predicted octanol–water partition coefficient (Wildman–Crippen LogP) is 4.52. The Morgan fingerprint density at radius 3 is 2.28 bits per heavy atom. The molecule has 6 rings (SSSR count).